The van der Waals surface area contributed by atoms with Gasteiger partial charge in [-0.3, -0.25) is 19.5 Å². The van der Waals surface area contributed by atoms with Crippen molar-refractivity contribution in [2.75, 3.05) is 24.5 Å². The van der Waals surface area contributed by atoms with E-state index in [9.17, 15) is 13.2 Å². The fraction of sp³-hybridized carbons (Fsp3) is 0.405. The van der Waals surface area contributed by atoms with Crippen LogP contribution in [0.25, 0.3) is 11.3 Å². The highest BCUT2D eigenvalue weighted by atomic mass is 32.2. The van der Waals surface area contributed by atoms with Crippen LogP contribution in [0.4, 0.5) is 19.0 Å². The molecule has 4 bridgehead atoms. The summed E-state index contributed by atoms with van der Waals surface area (Å²) in [5, 5.41) is 0. The lowest BCUT2D eigenvalue weighted by Gasteiger charge is -2.33. The fourth-order valence-electron chi connectivity index (χ4n) is 6.70. The first-order valence-electron chi connectivity index (χ1n) is 16.8. The van der Waals surface area contributed by atoms with Gasteiger partial charge in [0, 0.05) is 42.5 Å². The van der Waals surface area contributed by atoms with Gasteiger partial charge in [0.05, 0.1) is 40.8 Å². The number of hydrogen-bond acceptors (Lipinski definition) is 8. The molecular formula is C37H40F3N5O5S. The van der Waals surface area contributed by atoms with Gasteiger partial charge in [-0.25, -0.2) is 13.4 Å². The number of nitrogens with one attached hydrogen (secondary N) is 1. The number of fused-ring (bicyclic) bond motifs is 4. The number of alkyl halides is 3. The van der Waals surface area contributed by atoms with E-state index in [-0.39, 0.29) is 46.8 Å². The molecule has 1 atom stereocenters. The third-order valence-corrected chi connectivity index (χ3v) is 10.5. The summed E-state index contributed by atoms with van der Waals surface area (Å²) < 4.78 is 86.6. The first-order chi connectivity index (χ1) is 24.2. The average molecular weight is 724 g/mol. The van der Waals surface area contributed by atoms with Crippen molar-refractivity contribution in [3.63, 3.8) is 0 Å². The predicted molar refractivity (Wildman–Crippen MR) is 185 cm³/mol. The third kappa shape index (κ3) is 8.01. The molecule has 2 aromatic carbocycles. The number of nitrogens with zero attached hydrogens (tertiary/aromatic N) is 4. The molecule has 6 rings (SSSR count). The Kier molecular flexibility index (Phi) is 10.4. The summed E-state index contributed by atoms with van der Waals surface area (Å²) >= 11 is 0. The van der Waals surface area contributed by atoms with Gasteiger partial charge in [-0.1, -0.05) is 38.1 Å². The topological polar surface area (TPSA) is 124 Å². The molecule has 4 aromatic rings. The molecule has 270 valence electrons. The van der Waals surface area contributed by atoms with E-state index in [0.29, 0.717) is 36.5 Å². The molecule has 2 aromatic heterocycles. The van der Waals surface area contributed by atoms with E-state index in [2.05, 4.69) is 19.7 Å². The molecule has 1 amide bonds. The lowest BCUT2D eigenvalue weighted by Crippen LogP contribution is -2.44. The number of rotatable bonds is 6. The van der Waals surface area contributed by atoms with E-state index in [1.54, 1.807) is 44.4 Å². The number of anilines is 1. The minimum Gasteiger partial charge on any atom is -0.491 e. The Labute approximate surface area is 295 Å². The molecule has 1 saturated heterocycles. The SMILES string of the molecule is Cc1cccc(C)c1-c1nc2cc(c1C(F)(F)F)OC[C@@H](CC(C)C)N(Cc1cnc(C3CCOCC3)cn1)C(=O)c1cccc(c1)S(=O)(=O)N2. The lowest BCUT2D eigenvalue weighted by atomic mass is 9.95. The molecule has 10 nitrogen and oxygen atoms in total. The quantitative estimate of drug-likeness (QED) is 0.220. The van der Waals surface area contributed by atoms with Crippen LogP contribution in [0.3, 0.4) is 0 Å². The Balaban J connectivity index is 1.50. The van der Waals surface area contributed by atoms with Crippen molar-refractivity contribution >= 4 is 21.7 Å². The minimum absolute atomic E-state index is 0.000194. The summed E-state index contributed by atoms with van der Waals surface area (Å²) in [5.74, 6) is -1.30. The second-order valence-corrected chi connectivity index (χ2v) is 15.2. The van der Waals surface area contributed by atoms with Crippen LogP contribution >= 0.6 is 0 Å². The molecule has 2 aliphatic rings. The number of amides is 1. The van der Waals surface area contributed by atoms with E-state index in [1.807, 2.05) is 13.8 Å². The summed E-state index contributed by atoms with van der Waals surface area (Å²) in [6.45, 7) is 8.10. The van der Waals surface area contributed by atoms with Gasteiger partial charge >= 0.3 is 6.18 Å². The number of aryl methyl sites for hydroxylation is 2. The van der Waals surface area contributed by atoms with E-state index in [4.69, 9.17) is 9.47 Å². The van der Waals surface area contributed by atoms with Crippen molar-refractivity contribution in [1.82, 2.24) is 19.9 Å². The van der Waals surface area contributed by atoms with Gasteiger partial charge in [0.1, 0.15) is 23.7 Å². The second-order valence-electron chi connectivity index (χ2n) is 13.5. The van der Waals surface area contributed by atoms with Gasteiger partial charge in [-0.2, -0.15) is 13.2 Å². The highest BCUT2D eigenvalue weighted by Crippen LogP contribution is 2.45. The van der Waals surface area contributed by atoms with Crippen LogP contribution in [0.2, 0.25) is 0 Å². The van der Waals surface area contributed by atoms with E-state index in [0.717, 1.165) is 24.6 Å². The second kappa shape index (κ2) is 14.6. The molecule has 14 heteroatoms. The van der Waals surface area contributed by atoms with E-state index in [1.165, 1.54) is 29.2 Å². The minimum atomic E-state index is -4.94. The predicted octanol–water partition coefficient (Wildman–Crippen LogP) is 7.32. The molecule has 0 saturated carbocycles. The van der Waals surface area contributed by atoms with Gasteiger partial charge in [0.2, 0.25) is 0 Å². The zero-order valence-corrected chi connectivity index (χ0v) is 29.6. The lowest BCUT2D eigenvalue weighted by molar-refractivity contribution is -0.138. The molecule has 0 radical (unpaired) electrons. The van der Waals surface area contributed by atoms with Crippen LogP contribution in [0.1, 0.15) is 77.5 Å². The zero-order valence-electron chi connectivity index (χ0n) is 28.8. The Morgan fingerprint density at radius 1 is 1.00 bits per heavy atom. The van der Waals surface area contributed by atoms with Crippen LogP contribution in [0.5, 0.6) is 5.75 Å². The molecular weight excluding hydrogens is 683 g/mol. The number of carbonyl (C=O) groups is 1. The van der Waals surface area contributed by atoms with Crippen molar-refractivity contribution in [3.05, 3.63) is 94.6 Å². The molecule has 1 fully saturated rings. The summed E-state index contributed by atoms with van der Waals surface area (Å²) in [7, 11) is -4.43. The first kappa shape index (κ1) is 36.2. The number of ether oxygens (including phenoxy) is 2. The maximum Gasteiger partial charge on any atom is 0.422 e. The molecule has 4 heterocycles. The van der Waals surface area contributed by atoms with Gasteiger partial charge in [0.25, 0.3) is 15.9 Å². The largest absolute Gasteiger partial charge is 0.491 e. The zero-order chi connectivity index (χ0) is 36.5. The van der Waals surface area contributed by atoms with Gasteiger partial charge < -0.3 is 14.4 Å². The van der Waals surface area contributed by atoms with Gasteiger partial charge in [-0.05, 0) is 68.4 Å². The highest BCUT2D eigenvalue weighted by molar-refractivity contribution is 7.92. The molecule has 2 aliphatic heterocycles. The number of carbonyl (C=O) groups excluding carboxylic acids is 1. The Morgan fingerprint density at radius 3 is 2.35 bits per heavy atom. The van der Waals surface area contributed by atoms with Crippen molar-refractivity contribution in [1.29, 1.82) is 0 Å². The Hall–Kier alpha value is -4.56. The smallest absolute Gasteiger partial charge is 0.422 e. The molecule has 0 spiro atoms. The van der Waals surface area contributed by atoms with Gasteiger partial charge in [-0.15, -0.1) is 0 Å². The van der Waals surface area contributed by atoms with Crippen LogP contribution in [0.15, 0.2) is 65.8 Å². The van der Waals surface area contributed by atoms with Crippen molar-refractivity contribution in [2.24, 2.45) is 5.92 Å². The fourth-order valence-corrected chi connectivity index (χ4v) is 7.73. The number of benzene rings is 2. The number of pyridine rings is 1. The highest BCUT2D eigenvalue weighted by Gasteiger charge is 2.41. The summed E-state index contributed by atoms with van der Waals surface area (Å²) in [6, 6.07) is 10.8. The summed E-state index contributed by atoms with van der Waals surface area (Å²) in [4.78, 5) is 29.1. The van der Waals surface area contributed by atoms with Crippen molar-refractivity contribution in [2.45, 2.75) is 76.5 Å². The maximum atomic E-state index is 15.1. The van der Waals surface area contributed by atoms with E-state index < -0.39 is 45.2 Å². The number of aromatic nitrogens is 3. The first-order valence-corrected chi connectivity index (χ1v) is 18.3. The van der Waals surface area contributed by atoms with Crippen LogP contribution < -0.4 is 9.46 Å². The number of sulfonamides is 1. The standard InChI is InChI=1S/C37H40F3N5O5S/c1-22(2)15-28-21-50-31-17-32(43-35(34(31)37(38,39)40)33-23(3)7-5-8-24(33)4)44-51(47,48)29-10-6-9-26(16-29)36(46)45(28)20-27-18-42-30(19-41-27)25-11-13-49-14-12-25/h5-10,16-19,22,25,28H,11-15,20-21H2,1-4H3,(H,43,44)/t28-/m1/s1. The van der Waals surface area contributed by atoms with E-state index >= 15 is 13.2 Å². The maximum absolute atomic E-state index is 15.1. The molecule has 0 aliphatic carbocycles. The van der Waals surface area contributed by atoms with Gasteiger partial charge in [0.15, 0.2) is 0 Å². The average Bonchev–Trinajstić information content (AvgIpc) is 3.08. The van der Waals surface area contributed by atoms with Crippen LogP contribution in [-0.4, -0.2) is 60.0 Å². The van der Waals surface area contributed by atoms with Crippen molar-refractivity contribution < 1.29 is 35.9 Å². The van der Waals surface area contributed by atoms with Crippen molar-refractivity contribution in [3.8, 4) is 17.0 Å². The Morgan fingerprint density at radius 2 is 1.71 bits per heavy atom. The normalized spacial score (nSPS) is 18.3. The van der Waals surface area contributed by atoms with Crippen LogP contribution in [-0.2, 0) is 27.5 Å². The molecule has 0 unspecified atom stereocenters. The van der Waals surface area contributed by atoms with Crippen LogP contribution in [0, 0.1) is 19.8 Å². The monoisotopic (exact) mass is 723 g/mol. The molecule has 1 N–H and O–H groups in total. The third-order valence-electron chi connectivity index (χ3n) is 9.19. The molecule has 51 heavy (non-hydrogen) atoms. The number of hydrogen-bond donors (Lipinski definition) is 1. The summed E-state index contributed by atoms with van der Waals surface area (Å²) in [5.41, 5.74) is 0.982. The summed E-state index contributed by atoms with van der Waals surface area (Å²) in [6.07, 6.45) is 0.357. The number of halogens is 3. The Bertz CT molecular complexity index is 2000.